The Labute approximate surface area is 104 Å². The van der Waals surface area contributed by atoms with E-state index in [0.717, 1.165) is 11.5 Å². The summed E-state index contributed by atoms with van der Waals surface area (Å²) in [5.41, 5.74) is 0.203. The van der Waals surface area contributed by atoms with Crippen LogP contribution in [-0.2, 0) is 0 Å². The third-order valence-corrected chi connectivity index (χ3v) is 4.51. The highest BCUT2D eigenvalue weighted by atomic mass is 32.2. The fourth-order valence-corrected chi connectivity index (χ4v) is 3.65. The molecule has 1 rings (SSSR count). The van der Waals surface area contributed by atoms with Gasteiger partial charge in [-0.05, 0) is 23.6 Å². The first-order chi connectivity index (χ1) is 7.70. The molecule has 0 radical (unpaired) electrons. The van der Waals surface area contributed by atoms with Gasteiger partial charge >= 0.3 is 0 Å². The van der Waals surface area contributed by atoms with Crippen molar-refractivity contribution in [3.8, 4) is 0 Å². The Morgan fingerprint density at radius 2 is 1.81 bits per heavy atom. The number of halogens is 1. The highest BCUT2D eigenvalue weighted by Gasteiger charge is 2.22. The second kappa shape index (κ2) is 6.97. The number of rotatable bonds is 6. The first-order valence-electron chi connectivity index (χ1n) is 5.22. The van der Waals surface area contributed by atoms with Gasteiger partial charge in [0.15, 0.2) is 5.78 Å². The molecule has 1 nitrogen and oxygen atoms in total. The van der Waals surface area contributed by atoms with E-state index in [2.05, 4.69) is 0 Å². The Hall–Kier alpha value is -0.480. The minimum atomic E-state index is -0.425. The molecule has 0 aromatic heterocycles. The first kappa shape index (κ1) is 13.6. The molecule has 0 saturated carbocycles. The SMILES string of the molecule is CCSC(SCC)C(=O)c1ccccc1F. The summed E-state index contributed by atoms with van der Waals surface area (Å²) in [7, 11) is 0. The van der Waals surface area contributed by atoms with Gasteiger partial charge < -0.3 is 0 Å². The highest BCUT2D eigenvalue weighted by Crippen LogP contribution is 2.27. The van der Waals surface area contributed by atoms with Gasteiger partial charge in [0.05, 0.1) is 5.56 Å². The van der Waals surface area contributed by atoms with Gasteiger partial charge in [-0.2, -0.15) is 0 Å². The van der Waals surface area contributed by atoms with Crippen molar-refractivity contribution >= 4 is 29.3 Å². The monoisotopic (exact) mass is 258 g/mol. The van der Waals surface area contributed by atoms with Crippen LogP contribution in [0.5, 0.6) is 0 Å². The zero-order valence-electron chi connectivity index (χ0n) is 9.40. The lowest BCUT2D eigenvalue weighted by Crippen LogP contribution is -2.16. The predicted octanol–water partition coefficient (Wildman–Crippen LogP) is 3.84. The molecule has 0 aliphatic rings. The van der Waals surface area contributed by atoms with Crippen LogP contribution in [0.1, 0.15) is 24.2 Å². The average Bonchev–Trinajstić information content (AvgIpc) is 2.28. The van der Waals surface area contributed by atoms with Crippen LogP contribution in [-0.4, -0.2) is 21.9 Å². The lowest BCUT2D eigenvalue weighted by molar-refractivity contribution is 0.101. The maximum absolute atomic E-state index is 13.4. The van der Waals surface area contributed by atoms with E-state index in [9.17, 15) is 9.18 Å². The third kappa shape index (κ3) is 3.52. The van der Waals surface area contributed by atoms with Crippen molar-refractivity contribution in [2.75, 3.05) is 11.5 Å². The van der Waals surface area contributed by atoms with Crippen molar-refractivity contribution in [3.05, 3.63) is 35.6 Å². The van der Waals surface area contributed by atoms with Gasteiger partial charge in [-0.1, -0.05) is 26.0 Å². The summed E-state index contributed by atoms with van der Waals surface area (Å²) >= 11 is 3.12. The molecule has 1 aromatic rings. The summed E-state index contributed by atoms with van der Waals surface area (Å²) in [6.45, 7) is 4.00. The smallest absolute Gasteiger partial charge is 0.188 e. The molecular weight excluding hydrogens is 243 g/mol. The van der Waals surface area contributed by atoms with Gasteiger partial charge in [-0.15, -0.1) is 23.5 Å². The molecule has 0 aliphatic carbocycles. The summed E-state index contributed by atoms with van der Waals surface area (Å²) < 4.78 is 13.3. The Balaban J connectivity index is 2.85. The summed E-state index contributed by atoms with van der Waals surface area (Å²) in [6.07, 6.45) is 0. The molecule has 0 bridgehead atoms. The normalized spacial score (nSPS) is 10.8. The molecule has 4 heteroatoms. The highest BCUT2D eigenvalue weighted by molar-refractivity contribution is 8.18. The molecule has 16 heavy (non-hydrogen) atoms. The number of thioether (sulfide) groups is 2. The minimum Gasteiger partial charge on any atom is -0.292 e. The quantitative estimate of drug-likeness (QED) is 0.570. The Morgan fingerprint density at radius 1 is 1.25 bits per heavy atom. The van der Waals surface area contributed by atoms with Gasteiger partial charge in [-0.3, -0.25) is 4.79 Å². The summed E-state index contributed by atoms with van der Waals surface area (Å²) in [5.74, 6) is 1.18. The van der Waals surface area contributed by atoms with Crippen LogP contribution in [0.15, 0.2) is 24.3 Å². The van der Waals surface area contributed by atoms with Crippen molar-refractivity contribution < 1.29 is 9.18 Å². The molecule has 0 atom stereocenters. The zero-order valence-corrected chi connectivity index (χ0v) is 11.0. The lowest BCUT2D eigenvalue weighted by atomic mass is 10.1. The number of hydrogen-bond acceptors (Lipinski definition) is 3. The number of Topliss-reactive ketones (excluding diaryl/α,β-unsaturated/α-hetero) is 1. The zero-order chi connectivity index (χ0) is 12.0. The number of carbonyl (C=O) groups is 1. The largest absolute Gasteiger partial charge is 0.292 e. The number of hydrogen-bond donors (Lipinski definition) is 0. The maximum Gasteiger partial charge on any atom is 0.188 e. The topological polar surface area (TPSA) is 17.1 Å². The summed E-state index contributed by atoms with van der Waals surface area (Å²) in [5, 5.41) is 0. The van der Waals surface area contributed by atoms with Crippen LogP contribution < -0.4 is 0 Å². The van der Waals surface area contributed by atoms with E-state index in [-0.39, 0.29) is 15.9 Å². The van der Waals surface area contributed by atoms with E-state index in [1.165, 1.54) is 6.07 Å². The van der Waals surface area contributed by atoms with Crippen molar-refractivity contribution in [2.24, 2.45) is 0 Å². The van der Waals surface area contributed by atoms with Gasteiger partial charge in [0.25, 0.3) is 0 Å². The molecule has 0 saturated heterocycles. The van der Waals surface area contributed by atoms with Crippen molar-refractivity contribution in [2.45, 2.75) is 18.4 Å². The molecule has 0 fully saturated rings. The molecule has 0 spiro atoms. The van der Waals surface area contributed by atoms with E-state index in [1.807, 2.05) is 13.8 Å². The van der Waals surface area contributed by atoms with E-state index in [4.69, 9.17) is 0 Å². The van der Waals surface area contributed by atoms with Crippen molar-refractivity contribution in [1.82, 2.24) is 0 Å². The molecule has 0 aliphatic heterocycles. The fourth-order valence-electron chi connectivity index (χ4n) is 1.29. The van der Waals surface area contributed by atoms with Crippen LogP contribution in [0.4, 0.5) is 4.39 Å². The van der Waals surface area contributed by atoms with Crippen molar-refractivity contribution in [3.63, 3.8) is 0 Å². The number of benzene rings is 1. The van der Waals surface area contributed by atoms with Gasteiger partial charge in [-0.25, -0.2) is 4.39 Å². The summed E-state index contributed by atoms with van der Waals surface area (Å²) in [6, 6.07) is 6.18. The maximum atomic E-state index is 13.4. The number of ketones is 1. The fraction of sp³-hybridized carbons (Fsp3) is 0.417. The molecule has 0 amide bonds. The second-order valence-corrected chi connectivity index (χ2v) is 6.15. The van der Waals surface area contributed by atoms with Gasteiger partial charge in [0, 0.05) is 0 Å². The Bertz CT molecular complexity index is 349. The molecule has 1 aromatic carbocycles. The first-order valence-corrected chi connectivity index (χ1v) is 7.32. The molecule has 0 heterocycles. The molecule has 0 N–H and O–H groups in total. The standard InChI is InChI=1S/C12H15FOS2/c1-3-15-12(16-4-2)11(14)9-7-5-6-8-10(9)13/h5-8,12H,3-4H2,1-2H3. The predicted molar refractivity (Wildman–Crippen MR) is 70.8 cm³/mol. The van der Waals surface area contributed by atoms with E-state index >= 15 is 0 Å². The van der Waals surface area contributed by atoms with E-state index < -0.39 is 5.82 Å². The summed E-state index contributed by atoms with van der Waals surface area (Å²) in [4.78, 5) is 12.1. The lowest BCUT2D eigenvalue weighted by Gasteiger charge is -2.13. The van der Waals surface area contributed by atoms with Gasteiger partial charge in [0.1, 0.15) is 10.4 Å². The molecule has 88 valence electrons. The molecule has 0 unspecified atom stereocenters. The van der Waals surface area contributed by atoms with Crippen LogP contribution in [0, 0.1) is 5.82 Å². The Kier molecular flexibility index (Phi) is 5.91. The third-order valence-electron chi connectivity index (χ3n) is 1.99. The van der Waals surface area contributed by atoms with Gasteiger partial charge in [0.2, 0.25) is 0 Å². The Morgan fingerprint density at radius 3 is 2.31 bits per heavy atom. The van der Waals surface area contributed by atoms with Crippen molar-refractivity contribution in [1.29, 1.82) is 0 Å². The minimum absolute atomic E-state index is 0.114. The second-order valence-electron chi connectivity index (χ2n) is 3.09. The van der Waals surface area contributed by atoms with Crippen LogP contribution in [0.3, 0.4) is 0 Å². The molecular formula is C12H15FOS2. The van der Waals surface area contributed by atoms with Crippen LogP contribution >= 0.6 is 23.5 Å². The van der Waals surface area contributed by atoms with E-state index in [1.54, 1.807) is 41.7 Å². The number of carbonyl (C=O) groups excluding carboxylic acids is 1. The van der Waals surface area contributed by atoms with Crippen LogP contribution in [0.2, 0.25) is 0 Å². The van der Waals surface area contributed by atoms with E-state index in [0.29, 0.717) is 0 Å². The van der Waals surface area contributed by atoms with Crippen LogP contribution in [0.25, 0.3) is 0 Å². The average molecular weight is 258 g/mol.